The summed E-state index contributed by atoms with van der Waals surface area (Å²) < 4.78 is 5.33. The molecule has 0 bridgehead atoms. The molecule has 0 saturated carbocycles. The quantitative estimate of drug-likeness (QED) is 0.820. The lowest BCUT2D eigenvalue weighted by atomic mass is 10.00. The predicted octanol–water partition coefficient (Wildman–Crippen LogP) is 2.55. The Kier molecular flexibility index (Phi) is 5.33. The molecule has 1 unspecified atom stereocenters. The number of carbonyl (C=O) groups is 1. The fourth-order valence-electron chi connectivity index (χ4n) is 2.01. The third kappa shape index (κ3) is 4.21. The van der Waals surface area contributed by atoms with Crippen LogP contribution < -0.4 is 5.73 Å². The van der Waals surface area contributed by atoms with Gasteiger partial charge in [-0.1, -0.05) is 60.7 Å². The van der Waals surface area contributed by atoms with Gasteiger partial charge in [0.15, 0.2) is 0 Å². The molecule has 0 aromatic heterocycles. The van der Waals surface area contributed by atoms with Crippen LogP contribution in [0.4, 0.5) is 0 Å². The summed E-state index contributed by atoms with van der Waals surface area (Å²) in [5.74, 6) is -0.527. The largest absolute Gasteiger partial charge is 0.461 e. The number of nitrogens with two attached hydrogens (primary N) is 1. The summed E-state index contributed by atoms with van der Waals surface area (Å²) >= 11 is 0. The maximum absolute atomic E-state index is 12.0. The molecular weight excluding hydrogens is 250 g/mol. The zero-order valence-corrected chi connectivity index (χ0v) is 11.4. The first-order valence-electron chi connectivity index (χ1n) is 6.74. The Bertz CT molecular complexity index is 525. The lowest BCUT2D eigenvalue weighted by Crippen LogP contribution is -2.27. The average Bonchev–Trinajstić information content (AvgIpc) is 2.52. The maximum Gasteiger partial charge on any atom is 0.310 e. The molecule has 20 heavy (non-hydrogen) atoms. The van der Waals surface area contributed by atoms with Gasteiger partial charge in [-0.25, -0.2) is 0 Å². The highest BCUT2D eigenvalue weighted by atomic mass is 16.5. The van der Waals surface area contributed by atoms with Crippen molar-refractivity contribution in [1.82, 2.24) is 0 Å². The van der Waals surface area contributed by atoms with Gasteiger partial charge in [-0.15, -0.1) is 0 Å². The van der Waals surface area contributed by atoms with E-state index in [0.717, 1.165) is 11.1 Å². The Morgan fingerprint density at radius 3 is 2.05 bits per heavy atom. The Morgan fingerprint density at radius 2 is 1.50 bits per heavy atom. The molecule has 2 rings (SSSR count). The second-order valence-electron chi connectivity index (χ2n) is 4.72. The molecule has 0 radical (unpaired) electrons. The molecule has 3 heteroatoms. The molecule has 0 aliphatic heterocycles. The summed E-state index contributed by atoms with van der Waals surface area (Å²) in [5, 5.41) is 0. The molecule has 0 saturated heterocycles. The number of benzene rings is 2. The predicted molar refractivity (Wildman–Crippen MR) is 78.9 cm³/mol. The Morgan fingerprint density at radius 1 is 0.950 bits per heavy atom. The van der Waals surface area contributed by atoms with Gasteiger partial charge in [-0.3, -0.25) is 4.79 Å². The van der Waals surface area contributed by atoms with Crippen LogP contribution in [-0.4, -0.2) is 12.5 Å². The average molecular weight is 269 g/mol. The molecule has 2 aromatic carbocycles. The van der Waals surface area contributed by atoms with Crippen LogP contribution in [0.3, 0.4) is 0 Å². The normalized spacial score (nSPS) is 11.8. The van der Waals surface area contributed by atoms with E-state index >= 15 is 0 Å². The standard InChI is InChI=1S/C17H19NO2/c18-12-16(11-14-7-3-1-4-8-14)17(19)20-13-15-9-5-2-6-10-15/h1-10,16H,11-13,18H2. The summed E-state index contributed by atoms with van der Waals surface area (Å²) in [6.45, 7) is 0.591. The second kappa shape index (κ2) is 7.46. The molecule has 0 aliphatic rings. The van der Waals surface area contributed by atoms with Crippen molar-refractivity contribution in [2.45, 2.75) is 13.0 Å². The van der Waals surface area contributed by atoms with Crippen molar-refractivity contribution in [2.24, 2.45) is 11.7 Å². The van der Waals surface area contributed by atoms with Gasteiger partial charge >= 0.3 is 5.97 Å². The van der Waals surface area contributed by atoms with Gasteiger partial charge < -0.3 is 10.5 Å². The minimum absolute atomic E-state index is 0.236. The highest BCUT2D eigenvalue weighted by Gasteiger charge is 2.18. The fourth-order valence-corrected chi connectivity index (χ4v) is 2.01. The molecule has 0 amide bonds. The fraction of sp³-hybridized carbons (Fsp3) is 0.235. The van der Waals surface area contributed by atoms with Crippen molar-refractivity contribution < 1.29 is 9.53 Å². The Balaban J connectivity index is 1.89. The van der Waals surface area contributed by atoms with Crippen molar-refractivity contribution in [1.29, 1.82) is 0 Å². The molecule has 0 heterocycles. The summed E-state index contributed by atoms with van der Waals surface area (Å²) in [5.41, 5.74) is 7.77. The van der Waals surface area contributed by atoms with Gasteiger partial charge in [0.1, 0.15) is 6.61 Å². The summed E-state index contributed by atoms with van der Waals surface area (Å²) in [4.78, 5) is 12.0. The first kappa shape index (κ1) is 14.3. The van der Waals surface area contributed by atoms with E-state index in [1.807, 2.05) is 60.7 Å². The number of hydrogen-bond donors (Lipinski definition) is 1. The Labute approximate surface area is 119 Å². The van der Waals surface area contributed by atoms with Crippen LogP contribution in [0.15, 0.2) is 60.7 Å². The van der Waals surface area contributed by atoms with Crippen LogP contribution in [0, 0.1) is 5.92 Å². The van der Waals surface area contributed by atoms with E-state index in [1.165, 1.54) is 0 Å². The molecule has 2 N–H and O–H groups in total. The molecular formula is C17H19NO2. The molecule has 0 fully saturated rings. The van der Waals surface area contributed by atoms with E-state index in [4.69, 9.17) is 10.5 Å². The molecule has 2 aromatic rings. The topological polar surface area (TPSA) is 52.3 Å². The van der Waals surface area contributed by atoms with Crippen LogP contribution in [0.1, 0.15) is 11.1 Å². The van der Waals surface area contributed by atoms with Crippen molar-refractivity contribution >= 4 is 5.97 Å². The summed E-state index contributed by atoms with van der Waals surface area (Å²) in [6.07, 6.45) is 0.616. The SMILES string of the molecule is NCC(Cc1ccccc1)C(=O)OCc1ccccc1. The zero-order chi connectivity index (χ0) is 14.2. The van der Waals surface area contributed by atoms with Crippen LogP contribution >= 0.6 is 0 Å². The zero-order valence-electron chi connectivity index (χ0n) is 11.4. The van der Waals surface area contributed by atoms with Crippen molar-refractivity contribution in [2.75, 3.05) is 6.54 Å². The molecule has 3 nitrogen and oxygen atoms in total. The number of esters is 1. The third-order valence-corrected chi connectivity index (χ3v) is 3.17. The number of carbonyl (C=O) groups excluding carboxylic acids is 1. The van der Waals surface area contributed by atoms with Crippen LogP contribution in [-0.2, 0) is 22.6 Å². The van der Waals surface area contributed by atoms with Gasteiger partial charge in [0.25, 0.3) is 0 Å². The van der Waals surface area contributed by atoms with Crippen LogP contribution in [0.5, 0.6) is 0 Å². The van der Waals surface area contributed by atoms with Crippen LogP contribution in [0.2, 0.25) is 0 Å². The van der Waals surface area contributed by atoms with Crippen LogP contribution in [0.25, 0.3) is 0 Å². The van der Waals surface area contributed by atoms with Gasteiger partial charge in [0.05, 0.1) is 5.92 Å². The first-order chi connectivity index (χ1) is 9.79. The smallest absolute Gasteiger partial charge is 0.310 e. The van der Waals surface area contributed by atoms with E-state index in [9.17, 15) is 4.79 Å². The van der Waals surface area contributed by atoms with E-state index < -0.39 is 0 Å². The minimum Gasteiger partial charge on any atom is -0.461 e. The van der Waals surface area contributed by atoms with Gasteiger partial charge in [-0.05, 0) is 17.5 Å². The van der Waals surface area contributed by atoms with Crippen molar-refractivity contribution in [3.8, 4) is 0 Å². The van der Waals surface area contributed by atoms with Gasteiger partial charge in [-0.2, -0.15) is 0 Å². The van der Waals surface area contributed by atoms with Crippen molar-refractivity contribution in [3.63, 3.8) is 0 Å². The third-order valence-electron chi connectivity index (χ3n) is 3.17. The van der Waals surface area contributed by atoms with E-state index in [0.29, 0.717) is 19.6 Å². The summed E-state index contributed by atoms with van der Waals surface area (Å²) in [7, 11) is 0. The Hall–Kier alpha value is -2.13. The molecule has 1 atom stereocenters. The van der Waals surface area contributed by atoms with E-state index in [2.05, 4.69) is 0 Å². The highest BCUT2D eigenvalue weighted by Crippen LogP contribution is 2.11. The van der Waals surface area contributed by atoms with Gasteiger partial charge in [0.2, 0.25) is 0 Å². The number of rotatable bonds is 6. The highest BCUT2D eigenvalue weighted by molar-refractivity contribution is 5.73. The minimum atomic E-state index is -0.291. The van der Waals surface area contributed by atoms with Crippen molar-refractivity contribution in [3.05, 3.63) is 71.8 Å². The molecule has 104 valence electrons. The van der Waals surface area contributed by atoms with Gasteiger partial charge in [0, 0.05) is 6.54 Å². The summed E-state index contributed by atoms with van der Waals surface area (Å²) in [6, 6.07) is 19.5. The number of ether oxygens (including phenoxy) is 1. The second-order valence-corrected chi connectivity index (χ2v) is 4.72. The van der Waals surface area contributed by atoms with E-state index in [-0.39, 0.29) is 11.9 Å². The number of hydrogen-bond acceptors (Lipinski definition) is 3. The molecule has 0 spiro atoms. The lowest BCUT2D eigenvalue weighted by Gasteiger charge is -2.14. The first-order valence-corrected chi connectivity index (χ1v) is 6.74. The van der Waals surface area contributed by atoms with E-state index in [1.54, 1.807) is 0 Å². The molecule has 0 aliphatic carbocycles. The lowest BCUT2D eigenvalue weighted by molar-refractivity contribution is -0.149. The monoisotopic (exact) mass is 269 g/mol. The maximum atomic E-state index is 12.0.